The summed E-state index contributed by atoms with van der Waals surface area (Å²) in [5.41, 5.74) is 1.54. The molecule has 0 aromatic carbocycles. The van der Waals surface area contributed by atoms with Gasteiger partial charge in [0.2, 0.25) is 0 Å². The number of aromatic nitrogens is 2. The molecule has 1 aromatic heterocycles. The van der Waals surface area contributed by atoms with E-state index in [0.29, 0.717) is 0 Å². The zero-order chi connectivity index (χ0) is 11.3. The van der Waals surface area contributed by atoms with Crippen molar-refractivity contribution in [2.24, 2.45) is 0 Å². The van der Waals surface area contributed by atoms with E-state index in [9.17, 15) is 0 Å². The van der Waals surface area contributed by atoms with Crippen molar-refractivity contribution in [3.63, 3.8) is 0 Å². The molecule has 0 amide bonds. The first kappa shape index (κ1) is 11.3. The monoisotopic (exact) mass is 316 g/mol. The first-order chi connectivity index (χ1) is 6.81. The summed E-state index contributed by atoms with van der Waals surface area (Å²) in [6.45, 7) is 8.85. The summed E-state index contributed by atoms with van der Waals surface area (Å²) in [6.07, 6.45) is 2.47. The Balaban J connectivity index is 2.46. The van der Waals surface area contributed by atoms with E-state index >= 15 is 0 Å². The van der Waals surface area contributed by atoms with Crippen LogP contribution in [0.1, 0.15) is 52.1 Å². The van der Waals surface area contributed by atoms with Crippen LogP contribution >= 0.6 is 22.6 Å². The number of nitrogens with zero attached hydrogens (tertiary/aromatic N) is 2. The molecule has 0 radical (unpaired) electrons. The van der Waals surface area contributed by atoms with Gasteiger partial charge in [-0.05, 0) is 41.5 Å². The van der Waals surface area contributed by atoms with E-state index < -0.39 is 0 Å². The molecular weight excluding hydrogens is 299 g/mol. The van der Waals surface area contributed by atoms with Gasteiger partial charge >= 0.3 is 0 Å². The summed E-state index contributed by atoms with van der Waals surface area (Å²) >= 11 is 2.29. The van der Waals surface area contributed by atoms with Crippen molar-refractivity contribution in [1.82, 2.24) is 9.97 Å². The maximum absolute atomic E-state index is 4.72. The molecular formula is C12H17IN2. The Kier molecular flexibility index (Phi) is 2.56. The second-order valence-electron chi connectivity index (χ2n) is 5.71. The Morgan fingerprint density at radius 2 is 1.87 bits per heavy atom. The van der Waals surface area contributed by atoms with Crippen LogP contribution in [-0.2, 0) is 10.8 Å². The molecule has 1 aliphatic carbocycles. The molecule has 82 valence electrons. The lowest BCUT2D eigenvalue weighted by atomic mass is 9.92. The van der Waals surface area contributed by atoms with Crippen LogP contribution in [0.4, 0.5) is 0 Å². The summed E-state index contributed by atoms with van der Waals surface area (Å²) in [4.78, 5) is 9.28. The van der Waals surface area contributed by atoms with Crippen LogP contribution in [0, 0.1) is 3.70 Å². The van der Waals surface area contributed by atoms with Crippen LogP contribution in [0.15, 0.2) is 6.07 Å². The SMILES string of the molecule is CC(C)(C)c1cc(I)nc(C2(C)CC2)n1. The average molecular weight is 316 g/mol. The van der Waals surface area contributed by atoms with Crippen molar-refractivity contribution in [3.05, 3.63) is 21.3 Å². The molecule has 0 N–H and O–H groups in total. The maximum atomic E-state index is 4.72. The molecule has 0 unspecified atom stereocenters. The van der Waals surface area contributed by atoms with Gasteiger partial charge in [0.25, 0.3) is 0 Å². The van der Waals surface area contributed by atoms with E-state index in [1.54, 1.807) is 0 Å². The van der Waals surface area contributed by atoms with E-state index in [2.05, 4.69) is 61.3 Å². The molecule has 2 nitrogen and oxygen atoms in total. The van der Waals surface area contributed by atoms with Crippen LogP contribution in [0.25, 0.3) is 0 Å². The van der Waals surface area contributed by atoms with Gasteiger partial charge in [-0.15, -0.1) is 0 Å². The van der Waals surface area contributed by atoms with Gasteiger partial charge in [-0.2, -0.15) is 0 Å². The predicted octanol–water partition coefficient (Wildman–Crippen LogP) is 3.43. The van der Waals surface area contributed by atoms with Gasteiger partial charge in [0.15, 0.2) is 0 Å². The minimum atomic E-state index is 0.114. The third-order valence-electron chi connectivity index (χ3n) is 3.00. The second kappa shape index (κ2) is 3.40. The molecule has 1 fully saturated rings. The van der Waals surface area contributed by atoms with Crippen LogP contribution in [0.2, 0.25) is 0 Å². The van der Waals surface area contributed by atoms with Crippen molar-refractivity contribution in [2.75, 3.05) is 0 Å². The van der Waals surface area contributed by atoms with Crippen LogP contribution in [0.3, 0.4) is 0 Å². The molecule has 1 saturated carbocycles. The lowest BCUT2D eigenvalue weighted by Crippen LogP contribution is -2.18. The highest BCUT2D eigenvalue weighted by Gasteiger charge is 2.42. The van der Waals surface area contributed by atoms with E-state index in [0.717, 1.165) is 15.2 Å². The average Bonchev–Trinajstić information content (AvgIpc) is 2.82. The number of rotatable bonds is 1. The van der Waals surface area contributed by atoms with Gasteiger partial charge in [0.05, 0.1) is 5.69 Å². The first-order valence-corrected chi connectivity index (χ1v) is 6.45. The van der Waals surface area contributed by atoms with Crippen LogP contribution in [-0.4, -0.2) is 9.97 Å². The molecule has 1 aromatic rings. The molecule has 0 spiro atoms. The Morgan fingerprint density at radius 1 is 1.27 bits per heavy atom. The fourth-order valence-electron chi connectivity index (χ4n) is 1.48. The number of hydrogen-bond acceptors (Lipinski definition) is 2. The Hall–Kier alpha value is -0.190. The zero-order valence-electron chi connectivity index (χ0n) is 9.76. The van der Waals surface area contributed by atoms with Gasteiger partial charge < -0.3 is 0 Å². The molecule has 3 heteroatoms. The van der Waals surface area contributed by atoms with Gasteiger partial charge in [0, 0.05) is 10.8 Å². The molecule has 0 saturated heterocycles. The molecule has 2 rings (SSSR count). The molecule has 0 aliphatic heterocycles. The number of halogens is 1. The summed E-state index contributed by atoms with van der Waals surface area (Å²) in [5, 5.41) is 0. The minimum Gasteiger partial charge on any atom is -0.237 e. The van der Waals surface area contributed by atoms with E-state index in [4.69, 9.17) is 4.98 Å². The Labute approximate surface area is 105 Å². The van der Waals surface area contributed by atoms with Crippen molar-refractivity contribution in [1.29, 1.82) is 0 Å². The van der Waals surface area contributed by atoms with Crippen LogP contribution < -0.4 is 0 Å². The van der Waals surface area contributed by atoms with Gasteiger partial charge in [-0.3, -0.25) is 0 Å². The van der Waals surface area contributed by atoms with E-state index in [1.165, 1.54) is 12.8 Å². The van der Waals surface area contributed by atoms with E-state index in [1.807, 2.05) is 0 Å². The second-order valence-corrected chi connectivity index (χ2v) is 6.82. The fourth-order valence-corrected chi connectivity index (χ4v) is 2.01. The molecule has 1 heterocycles. The highest BCUT2D eigenvalue weighted by molar-refractivity contribution is 14.1. The molecule has 1 aliphatic rings. The highest BCUT2D eigenvalue weighted by Crippen LogP contribution is 2.46. The quantitative estimate of drug-likeness (QED) is 0.586. The number of hydrogen-bond donors (Lipinski definition) is 0. The molecule has 0 atom stereocenters. The van der Waals surface area contributed by atoms with Gasteiger partial charge in [-0.25, -0.2) is 9.97 Å². The lowest BCUT2D eigenvalue weighted by molar-refractivity contribution is 0.552. The minimum absolute atomic E-state index is 0.114. The third-order valence-corrected chi connectivity index (χ3v) is 3.56. The predicted molar refractivity (Wildman–Crippen MR) is 70.0 cm³/mol. The van der Waals surface area contributed by atoms with Crippen molar-refractivity contribution in [3.8, 4) is 0 Å². The summed E-state index contributed by atoms with van der Waals surface area (Å²) < 4.78 is 1.07. The highest BCUT2D eigenvalue weighted by atomic mass is 127. The normalized spacial score (nSPS) is 19.0. The molecule has 15 heavy (non-hydrogen) atoms. The largest absolute Gasteiger partial charge is 0.237 e. The maximum Gasteiger partial charge on any atom is 0.135 e. The smallest absolute Gasteiger partial charge is 0.135 e. The zero-order valence-corrected chi connectivity index (χ0v) is 11.9. The summed E-state index contributed by atoms with van der Waals surface area (Å²) in [6, 6.07) is 2.09. The Morgan fingerprint density at radius 3 is 2.33 bits per heavy atom. The van der Waals surface area contributed by atoms with Crippen molar-refractivity contribution >= 4 is 22.6 Å². The summed E-state index contributed by atoms with van der Waals surface area (Å²) in [5.74, 6) is 1.04. The van der Waals surface area contributed by atoms with Crippen molar-refractivity contribution in [2.45, 2.75) is 51.4 Å². The topological polar surface area (TPSA) is 25.8 Å². The van der Waals surface area contributed by atoms with Gasteiger partial charge in [0.1, 0.15) is 9.53 Å². The van der Waals surface area contributed by atoms with Crippen molar-refractivity contribution < 1.29 is 0 Å². The lowest BCUT2D eigenvalue weighted by Gasteiger charge is -2.19. The van der Waals surface area contributed by atoms with Crippen LogP contribution in [0.5, 0.6) is 0 Å². The fraction of sp³-hybridized carbons (Fsp3) is 0.667. The third kappa shape index (κ3) is 2.32. The summed E-state index contributed by atoms with van der Waals surface area (Å²) in [7, 11) is 0. The first-order valence-electron chi connectivity index (χ1n) is 5.37. The van der Waals surface area contributed by atoms with E-state index in [-0.39, 0.29) is 10.8 Å². The Bertz CT molecular complexity index is 366. The molecule has 0 bridgehead atoms. The standard InChI is InChI=1S/C12H17IN2/c1-11(2,3)8-7-9(13)15-10(14-8)12(4)5-6-12/h7H,5-6H2,1-4H3. The van der Waals surface area contributed by atoms with Gasteiger partial charge in [-0.1, -0.05) is 27.7 Å².